The molecule has 1 heterocycles. The average molecular weight is 255 g/mol. The number of halogens is 1. The lowest BCUT2D eigenvalue weighted by atomic mass is 10.1. The lowest BCUT2D eigenvalue weighted by Gasteiger charge is -2.12. The maximum absolute atomic E-state index is 6.21. The molecule has 0 aliphatic heterocycles. The third-order valence-electron chi connectivity index (χ3n) is 3.02. The molecule has 0 saturated carbocycles. The molecule has 0 amide bonds. The molecule has 0 fully saturated rings. The maximum atomic E-state index is 6.21. The van der Waals surface area contributed by atoms with Crippen LogP contribution < -0.4 is 5.73 Å². The number of aromatic nitrogens is 2. The summed E-state index contributed by atoms with van der Waals surface area (Å²) in [6, 6.07) is 0.165. The molecule has 0 radical (unpaired) electrons. The Labute approximate surface area is 107 Å². The minimum absolute atomic E-state index is 0.165. The Bertz CT molecular complexity index is 422. The monoisotopic (exact) mass is 254 g/mol. The van der Waals surface area contributed by atoms with Gasteiger partial charge in [-0.2, -0.15) is 5.10 Å². The maximum Gasteiger partial charge on any atom is 0.0862 e. The smallest absolute Gasteiger partial charge is 0.0862 e. The van der Waals surface area contributed by atoms with E-state index in [4.69, 9.17) is 17.3 Å². The minimum Gasteiger partial charge on any atom is -0.324 e. The van der Waals surface area contributed by atoms with E-state index in [-0.39, 0.29) is 6.04 Å². The van der Waals surface area contributed by atoms with Gasteiger partial charge >= 0.3 is 0 Å². The molecular weight excluding hydrogens is 236 g/mol. The van der Waals surface area contributed by atoms with E-state index in [2.05, 4.69) is 30.2 Å². The molecular formula is C12H19ClN4. The van der Waals surface area contributed by atoms with Crippen molar-refractivity contribution in [3.8, 4) is 0 Å². The van der Waals surface area contributed by atoms with Crippen molar-refractivity contribution in [2.75, 3.05) is 20.6 Å². The molecule has 17 heavy (non-hydrogen) atoms. The molecule has 94 valence electrons. The van der Waals surface area contributed by atoms with Crippen LogP contribution in [0.2, 0.25) is 5.02 Å². The van der Waals surface area contributed by atoms with E-state index in [0.29, 0.717) is 0 Å². The molecule has 0 saturated heterocycles. The molecule has 1 aromatic rings. The van der Waals surface area contributed by atoms with E-state index in [1.165, 1.54) is 5.57 Å². The molecule has 1 aliphatic carbocycles. The Hall–Kier alpha value is -0.840. The van der Waals surface area contributed by atoms with E-state index in [1.807, 2.05) is 4.68 Å². The Morgan fingerprint density at radius 1 is 1.59 bits per heavy atom. The highest BCUT2D eigenvalue weighted by molar-refractivity contribution is 6.32. The van der Waals surface area contributed by atoms with Gasteiger partial charge in [-0.25, -0.2) is 0 Å². The first-order valence-corrected chi connectivity index (χ1v) is 6.28. The van der Waals surface area contributed by atoms with Gasteiger partial charge in [-0.1, -0.05) is 17.7 Å². The molecule has 5 heteroatoms. The number of hydrogen-bond donors (Lipinski definition) is 1. The van der Waals surface area contributed by atoms with Gasteiger partial charge in [-0.05, 0) is 32.5 Å². The topological polar surface area (TPSA) is 47.1 Å². The molecule has 0 spiro atoms. The zero-order valence-corrected chi connectivity index (χ0v) is 11.1. The van der Waals surface area contributed by atoms with Crippen molar-refractivity contribution in [3.63, 3.8) is 0 Å². The molecule has 4 nitrogen and oxygen atoms in total. The van der Waals surface area contributed by atoms with Crippen molar-refractivity contribution >= 4 is 17.2 Å². The van der Waals surface area contributed by atoms with Crippen molar-refractivity contribution in [1.29, 1.82) is 0 Å². The fourth-order valence-electron chi connectivity index (χ4n) is 2.09. The highest BCUT2D eigenvalue weighted by Crippen LogP contribution is 2.31. The summed E-state index contributed by atoms with van der Waals surface area (Å²) in [6.45, 7) is 1.80. The molecule has 1 unspecified atom stereocenters. The van der Waals surface area contributed by atoms with Gasteiger partial charge in [-0.15, -0.1) is 0 Å². The van der Waals surface area contributed by atoms with Gasteiger partial charge in [0.05, 0.1) is 23.5 Å². The highest BCUT2D eigenvalue weighted by atomic mass is 35.5. The second-order valence-corrected chi connectivity index (χ2v) is 5.17. The lowest BCUT2D eigenvalue weighted by Crippen LogP contribution is -2.20. The summed E-state index contributed by atoms with van der Waals surface area (Å²) < 4.78 is 1.98. The van der Waals surface area contributed by atoms with E-state index in [9.17, 15) is 0 Å². The molecule has 2 rings (SSSR count). The normalized spacial score (nSPS) is 20.1. The van der Waals surface area contributed by atoms with Crippen molar-refractivity contribution in [1.82, 2.24) is 14.7 Å². The quantitative estimate of drug-likeness (QED) is 0.888. The van der Waals surface area contributed by atoms with Crippen LogP contribution in [0.15, 0.2) is 12.3 Å². The largest absolute Gasteiger partial charge is 0.324 e. The molecule has 1 atom stereocenters. The number of hydrogen-bond acceptors (Lipinski definition) is 3. The van der Waals surface area contributed by atoms with Crippen LogP contribution in [-0.4, -0.2) is 41.4 Å². The number of rotatable bonds is 4. The number of nitrogens with zero attached hydrogens (tertiary/aromatic N) is 3. The highest BCUT2D eigenvalue weighted by Gasteiger charge is 2.19. The van der Waals surface area contributed by atoms with Crippen molar-refractivity contribution < 1.29 is 0 Å². The molecule has 0 bridgehead atoms. The van der Waals surface area contributed by atoms with Gasteiger partial charge < -0.3 is 10.6 Å². The first-order valence-electron chi connectivity index (χ1n) is 5.90. The first kappa shape index (κ1) is 12.6. The summed E-state index contributed by atoms with van der Waals surface area (Å²) in [5, 5.41) is 5.06. The van der Waals surface area contributed by atoms with Gasteiger partial charge in [0.1, 0.15) is 0 Å². The second kappa shape index (κ2) is 5.21. The molecule has 1 aliphatic rings. The Balaban J connectivity index is 2.20. The summed E-state index contributed by atoms with van der Waals surface area (Å²) in [7, 11) is 4.10. The molecule has 2 N–H and O–H groups in total. The first-order chi connectivity index (χ1) is 8.08. The summed E-state index contributed by atoms with van der Waals surface area (Å²) in [6.07, 6.45) is 5.82. The van der Waals surface area contributed by atoms with Crippen LogP contribution in [-0.2, 0) is 6.54 Å². The van der Waals surface area contributed by atoms with Gasteiger partial charge in [0, 0.05) is 12.6 Å². The SMILES string of the molecule is CN(C)CCn1ncc(Cl)c1C1=CC(N)CC1. The van der Waals surface area contributed by atoms with Gasteiger partial charge in [-0.3, -0.25) is 4.68 Å². The van der Waals surface area contributed by atoms with Crippen LogP contribution in [0.4, 0.5) is 0 Å². The zero-order valence-electron chi connectivity index (χ0n) is 10.4. The van der Waals surface area contributed by atoms with Crippen LogP contribution in [0.3, 0.4) is 0 Å². The fraction of sp³-hybridized carbons (Fsp3) is 0.583. The average Bonchev–Trinajstić information content (AvgIpc) is 2.82. The summed E-state index contributed by atoms with van der Waals surface area (Å²) in [4.78, 5) is 2.13. The van der Waals surface area contributed by atoms with E-state index >= 15 is 0 Å². The van der Waals surface area contributed by atoms with Gasteiger partial charge in [0.2, 0.25) is 0 Å². The van der Waals surface area contributed by atoms with Crippen LogP contribution in [0.25, 0.3) is 5.57 Å². The van der Waals surface area contributed by atoms with E-state index in [1.54, 1.807) is 6.20 Å². The lowest BCUT2D eigenvalue weighted by molar-refractivity contribution is 0.372. The van der Waals surface area contributed by atoms with Crippen LogP contribution in [0.5, 0.6) is 0 Å². The zero-order chi connectivity index (χ0) is 12.4. The Morgan fingerprint density at radius 3 is 2.94 bits per heavy atom. The summed E-state index contributed by atoms with van der Waals surface area (Å²) in [5.74, 6) is 0. The van der Waals surface area contributed by atoms with Crippen LogP contribution in [0, 0.1) is 0 Å². The van der Waals surface area contributed by atoms with Crippen LogP contribution in [0.1, 0.15) is 18.5 Å². The van der Waals surface area contributed by atoms with Crippen molar-refractivity contribution in [2.24, 2.45) is 5.73 Å². The summed E-state index contributed by atoms with van der Waals surface area (Å²) in [5.41, 5.74) is 8.17. The van der Waals surface area contributed by atoms with E-state index in [0.717, 1.165) is 36.6 Å². The van der Waals surface area contributed by atoms with E-state index < -0.39 is 0 Å². The van der Waals surface area contributed by atoms with Gasteiger partial charge in [0.15, 0.2) is 0 Å². The molecule has 1 aromatic heterocycles. The van der Waals surface area contributed by atoms with Gasteiger partial charge in [0.25, 0.3) is 0 Å². The number of likely N-dealkylation sites (N-methyl/N-ethyl adjacent to an activating group) is 1. The third kappa shape index (κ3) is 2.89. The third-order valence-corrected chi connectivity index (χ3v) is 3.30. The molecule has 0 aromatic carbocycles. The minimum atomic E-state index is 0.165. The second-order valence-electron chi connectivity index (χ2n) is 4.76. The number of allylic oxidation sites excluding steroid dienone is 1. The predicted octanol–water partition coefficient (Wildman–Crippen LogP) is 1.60. The summed E-state index contributed by atoms with van der Waals surface area (Å²) >= 11 is 6.21. The predicted molar refractivity (Wildman–Crippen MR) is 71.0 cm³/mol. The van der Waals surface area contributed by atoms with Crippen LogP contribution >= 0.6 is 11.6 Å². The van der Waals surface area contributed by atoms with Crippen molar-refractivity contribution in [3.05, 3.63) is 23.0 Å². The fourth-order valence-corrected chi connectivity index (χ4v) is 2.35. The Kier molecular flexibility index (Phi) is 3.86. The standard InChI is InChI=1S/C12H19ClN4/c1-16(2)5-6-17-12(11(13)8-15-17)9-3-4-10(14)7-9/h7-8,10H,3-6,14H2,1-2H3. The number of nitrogens with two attached hydrogens (primary N) is 1. The Morgan fingerprint density at radius 2 is 2.35 bits per heavy atom. The van der Waals surface area contributed by atoms with Crippen molar-refractivity contribution in [2.45, 2.75) is 25.4 Å².